The molecule has 0 amide bonds. The van der Waals surface area contributed by atoms with Gasteiger partial charge in [0.2, 0.25) is 0 Å². The van der Waals surface area contributed by atoms with Gasteiger partial charge in [-0.15, -0.1) is 0 Å². The molecule has 0 aromatic heterocycles. The molecular formula is C7H10BrNO2. The Bertz CT molecular complexity index is 164. The third-order valence-corrected chi connectivity index (χ3v) is 1.71. The Morgan fingerprint density at radius 1 is 1.82 bits per heavy atom. The van der Waals surface area contributed by atoms with Crippen LogP contribution < -0.4 is 0 Å². The van der Waals surface area contributed by atoms with E-state index >= 15 is 0 Å². The summed E-state index contributed by atoms with van der Waals surface area (Å²) >= 11 is 3.09. The van der Waals surface area contributed by atoms with Crippen LogP contribution in [0.15, 0.2) is 0 Å². The number of hydrogen-bond acceptors (Lipinski definition) is 3. The Labute approximate surface area is 74.5 Å². The van der Waals surface area contributed by atoms with E-state index in [4.69, 9.17) is 5.26 Å². The molecule has 0 saturated heterocycles. The highest BCUT2D eigenvalue weighted by Gasteiger charge is 2.06. The molecule has 4 heteroatoms. The summed E-state index contributed by atoms with van der Waals surface area (Å²) < 4.78 is 4.67. The van der Waals surface area contributed by atoms with E-state index in [1.807, 2.05) is 6.07 Å². The molecule has 0 rings (SSSR count). The van der Waals surface area contributed by atoms with Crippen molar-refractivity contribution in [3.05, 3.63) is 0 Å². The van der Waals surface area contributed by atoms with Crippen molar-refractivity contribution in [2.24, 2.45) is 0 Å². The molecule has 11 heavy (non-hydrogen) atoms. The summed E-state index contributed by atoms with van der Waals surface area (Å²) in [5.74, 6) is -0.243. The van der Waals surface area contributed by atoms with Crippen molar-refractivity contribution in [2.75, 3.05) is 6.61 Å². The van der Waals surface area contributed by atoms with Gasteiger partial charge in [-0.05, 0) is 13.3 Å². The van der Waals surface area contributed by atoms with Gasteiger partial charge < -0.3 is 4.74 Å². The van der Waals surface area contributed by atoms with Crippen LogP contribution in [0.1, 0.15) is 19.8 Å². The quantitative estimate of drug-likeness (QED) is 0.534. The molecule has 3 nitrogen and oxygen atoms in total. The SMILES string of the molecule is CCOC(=O)CCC(Br)C#N. The first-order chi connectivity index (χ1) is 5.20. The third kappa shape index (κ3) is 5.86. The van der Waals surface area contributed by atoms with Crippen LogP contribution in [0.4, 0.5) is 0 Å². The van der Waals surface area contributed by atoms with E-state index in [0.717, 1.165) is 0 Å². The molecule has 0 heterocycles. The van der Waals surface area contributed by atoms with Crippen LogP contribution in [0.25, 0.3) is 0 Å². The van der Waals surface area contributed by atoms with E-state index in [-0.39, 0.29) is 10.8 Å². The van der Waals surface area contributed by atoms with Gasteiger partial charge >= 0.3 is 5.97 Å². The first-order valence-corrected chi connectivity index (χ1v) is 4.31. The highest BCUT2D eigenvalue weighted by molar-refractivity contribution is 9.09. The second-order valence-corrected chi connectivity index (χ2v) is 3.05. The topological polar surface area (TPSA) is 50.1 Å². The predicted octanol–water partition coefficient (Wildman–Crippen LogP) is 1.62. The Hall–Kier alpha value is -0.560. The van der Waals surface area contributed by atoms with Crippen molar-refractivity contribution in [3.8, 4) is 6.07 Å². The van der Waals surface area contributed by atoms with Crippen LogP contribution in [-0.2, 0) is 9.53 Å². The molecule has 1 atom stereocenters. The van der Waals surface area contributed by atoms with Crippen LogP contribution >= 0.6 is 15.9 Å². The Morgan fingerprint density at radius 2 is 2.45 bits per heavy atom. The summed E-state index contributed by atoms with van der Waals surface area (Å²) in [4.78, 5) is 10.5. The minimum Gasteiger partial charge on any atom is -0.466 e. The molecule has 0 aliphatic heterocycles. The highest BCUT2D eigenvalue weighted by atomic mass is 79.9. The van der Waals surface area contributed by atoms with Gasteiger partial charge in [-0.25, -0.2) is 0 Å². The van der Waals surface area contributed by atoms with Gasteiger partial charge in [0, 0.05) is 6.42 Å². The normalized spacial score (nSPS) is 11.7. The first kappa shape index (κ1) is 10.4. The average molecular weight is 220 g/mol. The highest BCUT2D eigenvalue weighted by Crippen LogP contribution is 2.06. The summed E-state index contributed by atoms with van der Waals surface area (Å²) in [7, 11) is 0. The minimum absolute atomic E-state index is 0.243. The zero-order chi connectivity index (χ0) is 8.69. The zero-order valence-electron chi connectivity index (χ0n) is 6.34. The van der Waals surface area contributed by atoms with Crippen LogP contribution in [0.3, 0.4) is 0 Å². The number of ether oxygens (including phenoxy) is 1. The lowest BCUT2D eigenvalue weighted by atomic mass is 10.2. The smallest absolute Gasteiger partial charge is 0.305 e. The van der Waals surface area contributed by atoms with E-state index in [1.165, 1.54) is 0 Å². The van der Waals surface area contributed by atoms with Crippen molar-refractivity contribution in [1.29, 1.82) is 5.26 Å². The Morgan fingerprint density at radius 3 is 2.91 bits per heavy atom. The maximum Gasteiger partial charge on any atom is 0.305 e. The molecular weight excluding hydrogens is 210 g/mol. The van der Waals surface area contributed by atoms with E-state index in [0.29, 0.717) is 19.4 Å². The summed E-state index contributed by atoms with van der Waals surface area (Å²) in [5.41, 5.74) is 0. The number of nitriles is 1. The number of carbonyl (C=O) groups excluding carboxylic acids is 1. The first-order valence-electron chi connectivity index (χ1n) is 3.40. The number of hydrogen-bond donors (Lipinski definition) is 0. The monoisotopic (exact) mass is 219 g/mol. The van der Waals surface area contributed by atoms with Gasteiger partial charge in [0.05, 0.1) is 12.7 Å². The summed E-state index contributed by atoms with van der Waals surface area (Å²) in [5, 5.41) is 8.33. The van der Waals surface area contributed by atoms with Crippen LogP contribution in [0.2, 0.25) is 0 Å². The van der Waals surface area contributed by atoms with Crippen LogP contribution in [0.5, 0.6) is 0 Å². The number of halogens is 1. The fourth-order valence-electron chi connectivity index (χ4n) is 0.542. The van der Waals surface area contributed by atoms with Crippen molar-refractivity contribution in [1.82, 2.24) is 0 Å². The molecule has 0 spiro atoms. The molecule has 0 aromatic carbocycles. The van der Waals surface area contributed by atoms with E-state index in [2.05, 4.69) is 20.7 Å². The summed E-state index contributed by atoms with van der Waals surface area (Å²) in [6.45, 7) is 2.16. The molecule has 0 N–H and O–H groups in total. The molecule has 0 aliphatic carbocycles. The van der Waals surface area contributed by atoms with E-state index in [1.54, 1.807) is 6.92 Å². The molecule has 62 valence electrons. The molecule has 0 aromatic rings. The second kappa shape index (κ2) is 6.17. The van der Waals surface area contributed by atoms with Gasteiger partial charge in [0.15, 0.2) is 0 Å². The number of nitrogens with zero attached hydrogens (tertiary/aromatic N) is 1. The summed E-state index contributed by atoms with van der Waals surface area (Å²) in [6, 6.07) is 1.97. The lowest BCUT2D eigenvalue weighted by Gasteiger charge is -2.00. The minimum atomic E-state index is -0.244. The lowest BCUT2D eigenvalue weighted by Crippen LogP contribution is -2.06. The maximum absolute atomic E-state index is 10.7. The van der Waals surface area contributed by atoms with Gasteiger partial charge in [-0.1, -0.05) is 15.9 Å². The Kier molecular flexibility index (Phi) is 5.86. The largest absolute Gasteiger partial charge is 0.466 e. The molecule has 0 fully saturated rings. The van der Waals surface area contributed by atoms with Crippen molar-refractivity contribution in [2.45, 2.75) is 24.6 Å². The van der Waals surface area contributed by atoms with E-state index in [9.17, 15) is 4.79 Å². The Balaban J connectivity index is 3.39. The van der Waals surface area contributed by atoms with Gasteiger partial charge in [-0.2, -0.15) is 5.26 Å². The molecule has 0 radical (unpaired) electrons. The zero-order valence-corrected chi connectivity index (χ0v) is 7.93. The van der Waals surface area contributed by atoms with Crippen LogP contribution in [-0.4, -0.2) is 17.4 Å². The van der Waals surface area contributed by atoms with Gasteiger partial charge in [0.25, 0.3) is 0 Å². The van der Waals surface area contributed by atoms with E-state index < -0.39 is 0 Å². The third-order valence-electron chi connectivity index (χ3n) is 1.05. The average Bonchev–Trinajstić information content (AvgIpc) is 2.01. The number of esters is 1. The van der Waals surface area contributed by atoms with Crippen molar-refractivity contribution in [3.63, 3.8) is 0 Å². The molecule has 0 saturated carbocycles. The fourth-order valence-corrected chi connectivity index (χ4v) is 0.771. The number of rotatable bonds is 4. The van der Waals surface area contributed by atoms with Gasteiger partial charge in [-0.3, -0.25) is 4.79 Å². The fraction of sp³-hybridized carbons (Fsp3) is 0.714. The molecule has 1 unspecified atom stereocenters. The molecule has 0 bridgehead atoms. The van der Waals surface area contributed by atoms with Gasteiger partial charge in [0.1, 0.15) is 4.83 Å². The van der Waals surface area contributed by atoms with Crippen molar-refractivity contribution >= 4 is 21.9 Å². The van der Waals surface area contributed by atoms with Crippen LogP contribution in [0, 0.1) is 11.3 Å². The van der Waals surface area contributed by atoms with Crippen molar-refractivity contribution < 1.29 is 9.53 Å². The standard InChI is InChI=1S/C7H10BrNO2/c1-2-11-7(10)4-3-6(8)5-9/h6H,2-4H2,1H3. The number of carbonyl (C=O) groups is 1. The second-order valence-electron chi connectivity index (χ2n) is 1.94. The number of alkyl halides is 1. The molecule has 0 aliphatic rings. The maximum atomic E-state index is 10.7. The summed E-state index contributed by atoms with van der Waals surface area (Å²) in [6.07, 6.45) is 0.812. The predicted molar refractivity (Wildman–Crippen MR) is 44.2 cm³/mol. The lowest BCUT2D eigenvalue weighted by molar-refractivity contribution is -0.143.